The van der Waals surface area contributed by atoms with Crippen LogP contribution >= 0.6 is 0 Å². The lowest BCUT2D eigenvalue weighted by Gasteiger charge is -2.18. The highest BCUT2D eigenvalue weighted by Gasteiger charge is 2.19. The van der Waals surface area contributed by atoms with E-state index in [1.54, 1.807) is 6.20 Å². The number of anilines is 1. The van der Waals surface area contributed by atoms with Crippen molar-refractivity contribution in [2.75, 3.05) is 18.4 Å². The van der Waals surface area contributed by atoms with Gasteiger partial charge in [-0.15, -0.1) is 0 Å². The third kappa shape index (κ3) is 3.27. The van der Waals surface area contributed by atoms with Crippen molar-refractivity contribution in [1.29, 1.82) is 0 Å². The number of nitrogens with one attached hydrogen (secondary N) is 1. The Bertz CT molecular complexity index is 636. The summed E-state index contributed by atoms with van der Waals surface area (Å²) in [6.45, 7) is 3.84. The molecule has 2 heterocycles. The molecule has 4 heteroatoms. The molecule has 0 spiro atoms. The fourth-order valence-electron chi connectivity index (χ4n) is 2.81. The van der Waals surface area contributed by atoms with Gasteiger partial charge in [-0.05, 0) is 49.6 Å². The number of rotatable bonds is 4. The molecule has 114 valence electrons. The Balaban J connectivity index is 1.72. The molecule has 4 nitrogen and oxygen atoms in total. The van der Waals surface area contributed by atoms with Gasteiger partial charge in [0.25, 0.3) is 5.91 Å². The van der Waals surface area contributed by atoms with Crippen LogP contribution in [0.5, 0.6) is 0 Å². The van der Waals surface area contributed by atoms with E-state index in [1.165, 1.54) is 0 Å². The van der Waals surface area contributed by atoms with E-state index in [2.05, 4.69) is 17.2 Å². The molecule has 1 atom stereocenters. The molecule has 1 fully saturated rings. The van der Waals surface area contributed by atoms with Crippen LogP contribution in [0.2, 0.25) is 0 Å². The van der Waals surface area contributed by atoms with E-state index in [1.807, 2.05) is 47.5 Å². The van der Waals surface area contributed by atoms with Crippen LogP contribution in [0.4, 0.5) is 5.69 Å². The number of carbonyl (C=O) groups is 1. The first-order valence-electron chi connectivity index (χ1n) is 7.80. The molecular weight excluding hydrogens is 274 g/mol. The van der Waals surface area contributed by atoms with Gasteiger partial charge in [0.15, 0.2) is 0 Å². The van der Waals surface area contributed by atoms with Gasteiger partial charge in [-0.3, -0.25) is 9.78 Å². The summed E-state index contributed by atoms with van der Waals surface area (Å²) in [5.41, 5.74) is 2.84. The minimum absolute atomic E-state index is 0.134. The lowest BCUT2D eigenvalue weighted by Crippen LogP contribution is -2.27. The maximum absolute atomic E-state index is 12.4. The Morgan fingerprint density at radius 2 is 2.05 bits per heavy atom. The zero-order valence-electron chi connectivity index (χ0n) is 12.8. The number of pyridine rings is 1. The third-order valence-electron chi connectivity index (χ3n) is 4.07. The second kappa shape index (κ2) is 6.60. The van der Waals surface area contributed by atoms with E-state index in [0.717, 1.165) is 42.7 Å². The van der Waals surface area contributed by atoms with Crippen LogP contribution in [0.25, 0.3) is 0 Å². The quantitative estimate of drug-likeness (QED) is 0.939. The highest BCUT2D eigenvalue weighted by atomic mass is 16.2. The number of carbonyl (C=O) groups excluding carboxylic acids is 1. The number of likely N-dealkylation sites (tertiary alicyclic amines) is 1. The van der Waals surface area contributed by atoms with Crippen molar-refractivity contribution in [1.82, 2.24) is 9.88 Å². The van der Waals surface area contributed by atoms with Gasteiger partial charge >= 0.3 is 0 Å². The molecule has 0 bridgehead atoms. The molecule has 3 rings (SSSR count). The molecule has 0 saturated carbocycles. The van der Waals surface area contributed by atoms with Crippen LogP contribution in [0, 0.1) is 0 Å². The topological polar surface area (TPSA) is 45.2 Å². The molecule has 2 aromatic rings. The molecule has 1 saturated heterocycles. The summed E-state index contributed by atoms with van der Waals surface area (Å²) in [5, 5.41) is 3.43. The van der Waals surface area contributed by atoms with Crippen LogP contribution in [-0.4, -0.2) is 28.9 Å². The van der Waals surface area contributed by atoms with E-state index in [4.69, 9.17) is 0 Å². The van der Waals surface area contributed by atoms with Crippen molar-refractivity contribution in [2.24, 2.45) is 0 Å². The van der Waals surface area contributed by atoms with Crippen molar-refractivity contribution < 1.29 is 4.79 Å². The lowest BCUT2D eigenvalue weighted by atomic mass is 10.1. The Morgan fingerprint density at radius 1 is 1.23 bits per heavy atom. The first-order valence-corrected chi connectivity index (χ1v) is 7.80. The van der Waals surface area contributed by atoms with Crippen molar-refractivity contribution in [3.05, 3.63) is 59.9 Å². The minimum Gasteiger partial charge on any atom is -0.378 e. The predicted molar refractivity (Wildman–Crippen MR) is 87.9 cm³/mol. The SMILES string of the molecule is C[C@@H](Nc1cccc(C(=O)N2CCCC2)c1)c1cccnc1. The summed E-state index contributed by atoms with van der Waals surface area (Å²) >= 11 is 0. The van der Waals surface area contributed by atoms with Gasteiger partial charge in [-0.25, -0.2) is 0 Å². The summed E-state index contributed by atoms with van der Waals surface area (Å²) < 4.78 is 0. The number of hydrogen-bond acceptors (Lipinski definition) is 3. The monoisotopic (exact) mass is 295 g/mol. The Morgan fingerprint density at radius 3 is 2.77 bits per heavy atom. The number of aromatic nitrogens is 1. The normalized spacial score (nSPS) is 15.6. The Kier molecular flexibility index (Phi) is 4.37. The van der Waals surface area contributed by atoms with Gasteiger partial charge in [0, 0.05) is 36.7 Å². The summed E-state index contributed by atoms with van der Waals surface area (Å²) in [6, 6.07) is 11.9. The number of nitrogens with zero attached hydrogens (tertiary/aromatic N) is 2. The molecule has 1 aromatic heterocycles. The van der Waals surface area contributed by atoms with Crippen LogP contribution in [0.1, 0.15) is 41.7 Å². The van der Waals surface area contributed by atoms with Crippen molar-refractivity contribution in [3.8, 4) is 0 Å². The second-order valence-corrected chi connectivity index (χ2v) is 5.73. The van der Waals surface area contributed by atoms with Crippen LogP contribution in [0.3, 0.4) is 0 Å². The molecule has 1 aromatic carbocycles. The standard InChI is InChI=1S/C18H21N3O/c1-14(16-7-5-9-19-13-16)20-17-8-4-6-15(12-17)18(22)21-10-2-3-11-21/h4-9,12-14,20H,2-3,10-11H2,1H3/t14-/m1/s1. The average Bonchev–Trinajstić information content (AvgIpc) is 3.09. The van der Waals surface area contributed by atoms with Crippen molar-refractivity contribution >= 4 is 11.6 Å². The van der Waals surface area contributed by atoms with Gasteiger partial charge in [0.1, 0.15) is 0 Å². The van der Waals surface area contributed by atoms with E-state index >= 15 is 0 Å². The van der Waals surface area contributed by atoms with Crippen molar-refractivity contribution in [2.45, 2.75) is 25.8 Å². The van der Waals surface area contributed by atoms with E-state index in [0.29, 0.717) is 0 Å². The van der Waals surface area contributed by atoms with Crippen LogP contribution in [-0.2, 0) is 0 Å². The first kappa shape index (κ1) is 14.6. The Labute approximate surface area is 131 Å². The minimum atomic E-state index is 0.134. The van der Waals surface area contributed by atoms with Gasteiger partial charge in [0.2, 0.25) is 0 Å². The molecule has 1 aliphatic rings. The van der Waals surface area contributed by atoms with Gasteiger partial charge in [-0.2, -0.15) is 0 Å². The van der Waals surface area contributed by atoms with Crippen LogP contribution < -0.4 is 5.32 Å². The van der Waals surface area contributed by atoms with Crippen molar-refractivity contribution in [3.63, 3.8) is 0 Å². The Hall–Kier alpha value is -2.36. The largest absolute Gasteiger partial charge is 0.378 e. The average molecular weight is 295 g/mol. The molecule has 22 heavy (non-hydrogen) atoms. The smallest absolute Gasteiger partial charge is 0.253 e. The number of benzene rings is 1. The first-order chi connectivity index (χ1) is 10.7. The lowest BCUT2D eigenvalue weighted by molar-refractivity contribution is 0.0793. The highest BCUT2D eigenvalue weighted by Crippen LogP contribution is 2.21. The fourth-order valence-corrected chi connectivity index (χ4v) is 2.81. The van der Waals surface area contributed by atoms with Gasteiger partial charge in [-0.1, -0.05) is 12.1 Å². The molecule has 0 unspecified atom stereocenters. The fraction of sp³-hybridized carbons (Fsp3) is 0.333. The highest BCUT2D eigenvalue weighted by molar-refractivity contribution is 5.95. The molecule has 0 aliphatic carbocycles. The molecular formula is C18H21N3O. The van der Waals surface area contributed by atoms with Gasteiger partial charge < -0.3 is 10.2 Å². The maximum atomic E-state index is 12.4. The van der Waals surface area contributed by atoms with E-state index in [-0.39, 0.29) is 11.9 Å². The molecule has 1 N–H and O–H groups in total. The summed E-state index contributed by atoms with van der Waals surface area (Å²) in [5.74, 6) is 0.134. The van der Waals surface area contributed by atoms with E-state index in [9.17, 15) is 4.79 Å². The van der Waals surface area contributed by atoms with E-state index < -0.39 is 0 Å². The molecule has 1 amide bonds. The number of hydrogen-bond donors (Lipinski definition) is 1. The summed E-state index contributed by atoms with van der Waals surface area (Å²) in [7, 11) is 0. The number of amides is 1. The molecule has 0 radical (unpaired) electrons. The zero-order valence-corrected chi connectivity index (χ0v) is 12.8. The zero-order chi connectivity index (χ0) is 15.4. The van der Waals surface area contributed by atoms with Gasteiger partial charge in [0.05, 0.1) is 6.04 Å². The summed E-state index contributed by atoms with van der Waals surface area (Å²) in [6.07, 6.45) is 5.85. The second-order valence-electron chi connectivity index (χ2n) is 5.73. The van der Waals surface area contributed by atoms with Crippen LogP contribution in [0.15, 0.2) is 48.8 Å². The predicted octanol–water partition coefficient (Wildman–Crippen LogP) is 3.49. The summed E-state index contributed by atoms with van der Waals surface area (Å²) in [4.78, 5) is 18.5. The third-order valence-corrected chi connectivity index (χ3v) is 4.07. The maximum Gasteiger partial charge on any atom is 0.253 e. The molecule has 1 aliphatic heterocycles.